The first kappa shape index (κ1) is 12.7. The molecule has 0 aliphatic rings. The molecule has 0 atom stereocenters. The normalized spacial score (nSPS) is 10.5. The van der Waals surface area contributed by atoms with E-state index >= 15 is 0 Å². The number of nitrogen functional groups attached to an aromatic ring is 1. The van der Waals surface area contributed by atoms with Gasteiger partial charge in [-0.1, -0.05) is 30.3 Å². The highest BCUT2D eigenvalue weighted by atomic mass is 16.4. The number of aromatic nitrogens is 5. The molecule has 0 radical (unpaired) electrons. The molecule has 3 N–H and O–H groups in total. The van der Waals surface area contributed by atoms with Crippen molar-refractivity contribution < 1.29 is 9.90 Å². The second kappa shape index (κ2) is 5.00. The Balaban J connectivity index is 2.01. The van der Waals surface area contributed by atoms with Crippen LogP contribution in [0.2, 0.25) is 0 Å². The van der Waals surface area contributed by atoms with Crippen LogP contribution in [0.25, 0.3) is 17.2 Å². The van der Waals surface area contributed by atoms with Gasteiger partial charge in [-0.3, -0.25) is 0 Å². The Morgan fingerprint density at radius 3 is 2.71 bits per heavy atom. The Labute approximate surface area is 118 Å². The van der Waals surface area contributed by atoms with E-state index in [2.05, 4.69) is 20.4 Å². The van der Waals surface area contributed by atoms with Gasteiger partial charge in [-0.2, -0.15) is 0 Å². The number of rotatable bonds is 3. The summed E-state index contributed by atoms with van der Waals surface area (Å²) < 4.78 is 0. The van der Waals surface area contributed by atoms with Crippen LogP contribution >= 0.6 is 0 Å². The molecule has 21 heavy (non-hydrogen) atoms. The van der Waals surface area contributed by atoms with Crippen molar-refractivity contribution in [3.63, 3.8) is 0 Å². The topological polar surface area (TPSA) is 120 Å². The highest BCUT2D eigenvalue weighted by Crippen LogP contribution is 2.16. The summed E-state index contributed by atoms with van der Waals surface area (Å²) in [5, 5.41) is 21.0. The zero-order valence-electron chi connectivity index (χ0n) is 10.7. The third-order valence-corrected chi connectivity index (χ3v) is 2.80. The molecule has 8 nitrogen and oxygen atoms in total. The SMILES string of the molecule is Nc1cnc(-n2nnc(-c3ccccc3)n2)cc1C(=O)O. The summed E-state index contributed by atoms with van der Waals surface area (Å²) in [4.78, 5) is 16.2. The number of nitrogens with zero attached hydrogens (tertiary/aromatic N) is 5. The van der Waals surface area contributed by atoms with Crippen molar-refractivity contribution in [3.05, 3.63) is 48.2 Å². The number of anilines is 1. The summed E-state index contributed by atoms with van der Waals surface area (Å²) in [6.07, 6.45) is 1.25. The quantitative estimate of drug-likeness (QED) is 0.735. The summed E-state index contributed by atoms with van der Waals surface area (Å²) in [6.45, 7) is 0. The van der Waals surface area contributed by atoms with E-state index in [0.29, 0.717) is 5.82 Å². The van der Waals surface area contributed by atoms with E-state index in [0.717, 1.165) is 10.4 Å². The van der Waals surface area contributed by atoms with Crippen molar-refractivity contribution in [2.24, 2.45) is 0 Å². The highest BCUT2D eigenvalue weighted by Gasteiger charge is 2.13. The molecule has 0 bridgehead atoms. The van der Waals surface area contributed by atoms with Gasteiger partial charge in [0.05, 0.1) is 17.4 Å². The Bertz CT molecular complexity index is 799. The van der Waals surface area contributed by atoms with Gasteiger partial charge in [0.25, 0.3) is 0 Å². The van der Waals surface area contributed by atoms with Crippen LogP contribution in [0.3, 0.4) is 0 Å². The molecular weight excluding hydrogens is 272 g/mol. The maximum Gasteiger partial charge on any atom is 0.337 e. The van der Waals surface area contributed by atoms with Crippen LogP contribution in [-0.2, 0) is 0 Å². The highest BCUT2D eigenvalue weighted by molar-refractivity contribution is 5.93. The summed E-state index contributed by atoms with van der Waals surface area (Å²) in [6, 6.07) is 10.6. The third kappa shape index (κ3) is 2.41. The monoisotopic (exact) mass is 282 g/mol. The Morgan fingerprint density at radius 1 is 1.24 bits per heavy atom. The molecule has 0 fully saturated rings. The van der Waals surface area contributed by atoms with Crippen molar-refractivity contribution in [1.29, 1.82) is 0 Å². The van der Waals surface area contributed by atoms with Crippen LogP contribution in [0.1, 0.15) is 10.4 Å². The lowest BCUT2D eigenvalue weighted by atomic mass is 10.2. The molecule has 0 saturated carbocycles. The Morgan fingerprint density at radius 2 is 2.00 bits per heavy atom. The molecule has 3 aromatic rings. The van der Waals surface area contributed by atoms with E-state index < -0.39 is 5.97 Å². The minimum Gasteiger partial charge on any atom is -0.478 e. The number of carboxylic acid groups (broad SMARTS) is 1. The lowest BCUT2D eigenvalue weighted by Gasteiger charge is -2.02. The second-order valence-electron chi connectivity index (χ2n) is 4.20. The Hall–Kier alpha value is -3.29. The summed E-state index contributed by atoms with van der Waals surface area (Å²) >= 11 is 0. The number of pyridine rings is 1. The average Bonchev–Trinajstić information content (AvgIpc) is 2.98. The molecule has 2 aromatic heterocycles. The molecule has 0 aliphatic heterocycles. The molecule has 1 aromatic carbocycles. The van der Waals surface area contributed by atoms with E-state index in [-0.39, 0.29) is 17.1 Å². The second-order valence-corrected chi connectivity index (χ2v) is 4.20. The first-order valence-electron chi connectivity index (χ1n) is 6.00. The largest absolute Gasteiger partial charge is 0.478 e. The number of tetrazole rings is 1. The first-order valence-corrected chi connectivity index (χ1v) is 6.00. The molecular formula is C13H10N6O2. The standard InChI is InChI=1S/C13H10N6O2/c14-10-7-15-11(6-9(10)13(20)21)19-17-12(16-18-19)8-4-2-1-3-5-8/h1-7H,14H2,(H,20,21). The summed E-state index contributed by atoms with van der Waals surface area (Å²) in [5.41, 5.74) is 6.38. The summed E-state index contributed by atoms with van der Waals surface area (Å²) in [5.74, 6) is -0.484. The van der Waals surface area contributed by atoms with Crippen molar-refractivity contribution in [1.82, 2.24) is 25.2 Å². The van der Waals surface area contributed by atoms with Gasteiger partial charge in [-0.05, 0) is 5.21 Å². The van der Waals surface area contributed by atoms with Gasteiger partial charge < -0.3 is 10.8 Å². The van der Waals surface area contributed by atoms with Crippen LogP contribution < -0.4 is 5.73 Å². The van der Waals surface area contributed by atoms with Gasteiger partial charge in [-0.15, -0.1) is 15.0 Å². The number of aromatic carboxylic acids is 1. The minimum absolute atomic E-state index is 0.0569. The van der Waals surface area contributed by atoms with E-state index in [1.165, 1.54) is 12.3 Å². The van der Waals surface area contributed by atoms with E-state index in [1.54, 1.807) is 0 Å². The number of hydrogen-bond acceptors (Lipinski definition) is 6. The number of carbonyl (C=O) groups is 1. The van der Waals surface area contributed by atoms with Crippen LogP contribution in [-0.4, -0.2) is 36.3 Å². The van der Waals surface area contributed by atoms with Crippen LogP contribution in [0, 0.1) is 0 Å². The van der Waals surface area contributed by atoms with Crippen LogP contribution in [0.15, 0.2) is 42.6 Å². The van der Waals surface area contributed by atoms with Gasteiger partial charge in [0.15, 0.2) is 5.82 Å². The van der Waals surface area contributed by atoms with Gasteiger partial charge in [0, 0.05) is 11.6 Å². The molecule has 2 heterocycles. The third-order valence-electron chi connectivity index (χ3n) is 2.80. The van der Waals surface area contributed by atoms with E-state index in [1.807, 2.05) is 30.3 Å². The Kier molecular flexibility index (Phi) is 3.03. The van der Waals surface area contributed by atoms with Crippen LogP contribution in [0.5, 0.6) is 0 Å². The van der Waals surface area contributed by atoms with Crippen molar-refractivity contribution in [2.75, 3.05) is 5.73 Å². The first-order chi connectivity index (χ1) is 10.1. The molecule has 0 aliphatic carbocycles. The lowest BCUT2D eigenvalue weighted by molar-refractivity contribution is 0.0698. The van der Waals surface area contributed by atoms with Crippen molar-refractivity contribution >= 4 is 11.7 Å². The van der Waals surface area contributed by atoms with Gasteiger partial charge >= 0.3 is 5.97 Å². The zero-order chi connectivity index (χ0) is 14.8. The molecule has 3 rings (SSSR count). The van der Waals surface area contributed by atoms with Gasteiger partial charge in [0.1, 0.15) is 0 Å². The maximum atomic E-state index is 11.1. The number of carboxylic acids is 1. The summed E-state index contributed by atoms with van der Waals surface area (Å²) in [7, 11) is 0. The van der Waals surface area contributed by atoms with E-state index in [4.69, 9.17) is 10.8 Å². The predicted octanol–water partition coefficient (Wildman–Crippen LogP) is 1.00. The molecule has 104 valence electrons. The predicted molar refractivity (Wildman–Crippen MR) is 73.8 cm³/mol. The molecule has 0 saturated heterocycles. The average molecular weight is 282 g/mol. The lowest BCUT2D eigenvalue weighted by Crippen LogP contribution is -2.08. The van der Waals surface area contributed by atoms with Gasteiger partial charge in [0.2, 0.25) is 5.82 Å². The number of hydrogen-bond donors (Lipinski definition) is 2. The molecule has 0 unspecified atom stereocenters. The van der Waals surface area contributed by atoms with Gasteiger partial charge in [-0.25, -0.2) is 9.78 Å². The fourth-order valence-electron chi connectivity index (χ4n) is 1.76. The molecule has 8 heteroatoms. The molecule has 0 spiro atoms. The van der Waals surface area contributed by atoms with Crippen molar-refractivity contribution in [2.45, 2.75) is 0 Å². The maximum absolute atomic E-state index is 11.1. The fourth-order valence-corrected chi connectivity index (χ4v) is 1.76. The number of benzene rings is 1. The molecule has 0 amide bonds. The zero-order valence-corrected chi connectivity index (χ0v) is 10.7. The smallest absolute Gasteiger partial charge is 0.337 e. The number of nitrogens with two attached hydrogens (primary N) is 1. The van der Waals surface area contributed by atoms with E-state index in [9.17, 15) is 4.79 Å². The van der Waals surface area contributed by atoms with Crippen LogP contribution in [0.4, 0.5) is 5.69 Å². The minimum atomic E-state index is -1.14. The van der Waals surface area contributed by atoms with Crippen molar-refractivity contribution in [3.8, 4) is 17.2 Å². The fraction of sp³-hybridized carbons (Fsp3) is 0.